The van der Waals surface area contributed by atoms with E-state index in [1.165, 1.54) is 0 Å². The van der Waals surface area contributed by atoms with E-state index in [0.29, 0.717) is 38.9 Å². The summed E-state index contributed by atoms with van der Waals surface area (Å²) in [5, 5.41) is 5.66. The van der Waals surface area contributed by atoms with E-state index in [-0.39, 0.29) is 17.8 Å². The molecule has 1 saturated heterocycles. The number of piperidine rings is 1. The third-order valence-corrected chi connectivity index (χ3v) is 5.43. The van der Waals surface area contributed by atoms with Crippen LogP contribution in [0.25, 0.3) is 0 Å². The molecule has 0 saturated carbocycles. The normalized spacial score (nSPS) is 17.9. The number of urea groups is 1. The first-order valence-corrected chi connectivity index (χ1v) is 9.12. The molecule has 0 spiro atoms. The second-order valence-corrected chi connectivity index (χ2v) is 7.33. The number of carbonyl (C=O) groups excluding carboxylic acids is 1. The number of carbonyl (C=O) groups is 1. The van der Waals surface area contributed by atoms with E-state index < -0.39 is 10.0 Å². The molecule has 1 aliphatic rings. The second-order valence-electron chi connectivity index (χ2n) is 5.24. The first-order chi connectivity index (χ1) is 9.49. The highest BCUT2D eigenvalue weighted by Gasteiger charge is 2.27. The van der Waals surface area contributed by atoms with Gasteiger partial charge in [-0.3, -0.25) is 0 Å². The lowest BCUT2D eigenvalue weighted by Crippen LogP contribution is -2.49. The van der Waals surface area contributed by atoms with Gasteiger partial charge in [-0.1, -0.05) is 20.3 Å². The second kappa shape index (κ2) is 8.46. The smallest absolute Gasteiger partial charge is 0.315 e. The standard InChI is InChI=1S/C13H27N3O3S/c1-3-5-11-20(18,19)16-9-6-12(7-10-16)15-13(17)14-8-4-2/h12H,3-11H2,1-2H3,(H2,14,15,17). The van der Waals surface area contributed by atoms with Gasteiger partial charge in [0, 0.05) is 25.7 Å². The lowest BCUT2D eigenvalue weighted by Gasteiger charge is -2.31. The Morgan fingerprint density at radius 3 is 2.40 bits per heavy atom. The largest absolute Gasteiger partial charge is 0.338 e. The minimum Gasteiger partial charge on any atom is -0.338 e. The third-order valence-electron chi connectivity index (χ3n) is 3.47. The molecule has 0 aliphatic carbocycles. The Kier molecular flexibility index (Phi) is 7.29. The average Bonchev–Trinajstić information content (AvgIpc) is 2.43. The molecule has 0 radical (unpaired) electrons. The van der Waals surface area contributed by atoms with Gasteiger partial charge in [0.1, 0.15) is 0 Å². The van der Waals surface area contributed by atoms with Gasteiger partial charge < -0.3 is 10.6 Å². The Morgan fingerprint density at radius 1 is 1.20 bits per heavy atom. The van der Waals surface area contributed by atoms with Crippen LogP contribution in [0.1, 0.15) is 46.0 Å². The summed E-state index contributed by atoms with van der Waals surface area (Å²) in [6.07, 6.45) is 3.87. The van der Waals surface area contributed by atoms with Crippen LogP contribution in [0.5, 0.6) is 0 Å². The number of amides is 2. The summed E-state index contributed by atoms with van der Waals surface area (Å²) < 4.78 is 25.6. The minimum atomic E-state index is -3.11. The first kappa shape index (κ1) is 17.2. The highest BCUT2D eigenvalue weighted by molar-refractivity contribution is 7.89. The van der Waals surface area contributed by atoms with Crippen LogP contribution in [0, 0.1) is 0 Å². The van der Waals surface area contributed by atoms with Gasteiger partial charge in [0.15, 0.2) is 0 Å². The zero-order valence-electron chi connectivity index (χ0n) is 12.5. The first-order valence-electron chi connectivity index (χ1n) is 7.51. The van der Waals surface area contributed by atoms with Crippen LogP contribution >= 0.6 is 0 Å². The van der Waals surface area contributed by atoms with E-state index in [1.54, 1.807) is 4.31 Å². The van der Waals surface area contributed by atoms with Gasteiger partial charge in [0.25, 0.3) is 0 Å². The van der Waals surface area contributed by atoms with Crippen molar-refractivity contribution >= 4 is 16.1 Å². The molecule has 1 aliphatic heterocycles. The van der Waals surface area contributed by atoms with E-state index in [9.17, 15) is 13.2 Å². The number of hydrogen-bond donors (Lipinski definition) is 2. The molecule has 0 bridgehead atoms. The molecule has 0 aromatic heterocycles. The summed E-state index contributed by atoms with van der Waals surface area (Å²) >= 11 is 0. The number of unbranched alkanes of at least 4 members (excludes halogenated alkanes) is 1. The third kappa shape index (κ3) is 5.66. The van der Waals surface area contributed by atoms with Crippen LogP contribution < -0.4 is 10.6 Å². The highest BCUT2D eigenvalue weighted by atomic mass is 32.2. The summed E-state index contributed by atoms with van der Waals surface area (Å²) in [5.74, 6) is 0.235. The van der Waals surface area contributed by atoms with E-state index >= 15 is 0 Å². The lowest BCUT2D eigenvalue weighted by molar-refractivity contribution is 0.227. The predicted octanol–water partition coefficient (Wildman–Crippen LogP) is 1.29. The van der Waals surface area contributed by atoms with Crippen molar-refractivity contribution in [3.63, 3.8) is 0 Å². The predicted molar refractivity (Wildman–Crippen MR) is 80.1 cm³/mol. The molecule has 6 nitrogen and oxygen atoms in total. The van der Waals surface area contributed by atoms with E-state index in [0.717, 1.165) is 12.8 Å². The van der Waals surface area contributed by atoms with Crippen LogP contribution in [0.2, 0.25) is 0 Å². The molecular weight excluding hydrogens is 278 g/mol. The number of hydrogen-bond acceptors (Lipinski definition) is 3. The Labute approximate surface area is 122 Å². The molecule has 0 atom stereocenters. The summed E-state index contributed by atoms with van der Waals surface area (Å²) in [5.41, 5.74) is 0. The quantitative estimate of drug-likeness (QED) is 0.744. The summed E-state index contributed by atoms with van der Waals surface area (Å²) in [4.78, 5) is 11.5. The van der Waals surface area contributed by atoms with Gasteiger partial charge in [-0.2, -0.15) is 0 Å². The van der Waals surface area contributed by atoms with Crippen molar-refractivity contribution in [2.45, 2.75) is 52.0 Å². The van der Waals surface area contributed by atoms with Crippen molar-refractivity contribution in [1.29, 1.82) is 0 Å². The highest BCUT2D eigenvalue weighted by Crippen LogP contribution is 2.15. The molecule has 0 aromatic carbocycles. The molecule has 1 heterocycles. The fraction of sp³-hybridized carbons (Fsp3) is 0.923. The van der Waals surface area contributed by atoms with Crippen LogP contribution in [-0.2, 0) is 10.0 Å². The number of nitrogens with zero attached hydrogens (tertiary/aromatic N) is 1. The monoisotopic (exact) mass is 305 g/mol. The zero-order valence-corrected chi connectivity index (χ0v) is 13.3. The molecule has 1 rings (SSSR count). The topological polar surface area (TPSA) is 78.5 Å². The van der Waals surface area contributed by atoms with Gasteiger partial charge in [-0.25, -0.2) is 17.5 Å². The van der Waals surface area contributed by atoms with Crippen molar-refractivity contribution in [2.24, 2.45) is 0 Å². The Morgan fingerprint density at radius 2 is 1.85 bits per heavy atom. The van der Waals surface area contributed by atoms with E-state index in [1.807, 2.05) is 13.8 Å². The Hall–Kier alpha value is -0.820. The molecular formula is C13H27N3O3S. The summed E-state index contributed by atoms with van der Waals surface area (Å²) in [6.45, 7) is 5.66. The summed E-state index contributed by atoms with van der Waals surface area (Å²) in [6, 6.07) is -0.0800. The summed E-state index contributed by atoms with van der Waals surface area (Å²) in [7, 11) is -3.11. The molecule has 0 aromatic rings. The van der Waals surface area contributed by atoms with Crippen LogP contribution in [0.3, 0.4) is 0 Å². The van der Waals surface area contributed by atoms with Crippen LogP contribution in [-0.4, -0.2) is 50.2 Å². The van der Waals surface area contributed by atoms with E-state index in [4.69, 9.17) is 0 Å². The zero-order chi connectivity index (χ0) is 15.0. The minimum absolute atomic E-state index is 0.0736. The lowest BCUT2D eigenvalue weighted by atomic mass is 10.1. The maximum absolute atomic E-state index is 12.0. The SMILES string of the molecule is CCCCS(=O)(=O)N1CCC(NC(=O)NCCC)CC1. The molecule has 20 heavy (non-hydrogen) atoms. The van der Waals surface area contributed by atoms with Crippen LogP contribution in [0.4, 0.5) is 4.79 Å². The molecule has 0 unspecified atom stereocenters. The average molecular weight is 305 g/mol. The fourth-order valence-electron chi connectivity index (χ4n) is 2.21. The van der Waals surface area contributed by atoms with Crippen molar-refractivity contribution < 1.29 is 13.2 Å². The maximum atomic E-state index is 12.0. The van der Waals surface area contributed by atoms with Gasteiger partial charge in [-0.05, 0) is 25.7 Å². The number of nitrogens with one attached hydrogen (secondary N) is 2. The fourth-order valence-corrected chi connectivity index (χ4v) is 3.89. The molecule has 7 heteroatoms. The van der Waals surface area contributed by atoms with Gasteiger partial charge in [0.05, 0.1) is 5.75 Å². The number of rotatable bonds is 7. The number of sulfonamides is 1. The van der Waals surface area contributed by atoms with E-state index in [2.05, 4.69) is 10.6 Å². The van der Waals surface area contributed by atoms with Gasteiger partial charge >= 0.3 is 6.03 Å². The maximum Gasteiger partial charge on any atom is 0.315 e. The Bertz CT molecular complexity index is 390. The van der Waals surface area contributed by atoms with Crippen molar-refractivity contribution in [1.82, 2.24) is 14.9 Å². The van der Waals surface area contributed by atoms with Crippen molar-refractivity contribution in [2.75, 3.05) is 25.4 Å². The van der Waals surface area contributed by atoms with Crippen molar-refractivity contribution in [3.05, 3.63) is 0 Å². The van der Waals surface area contributed by atoms with Crippen LogP contribution in [0.15, 0.2) is 0 Å². The van der Waals surface area contributed by atoms with Crippen molar-refractivity contribution in [3.8, 4) is 0 Å². The molecule has 1 fully saturated rings. The Balaban J connectivity index is 2.34. The molecule has 2 amide bonds. The molecule has 118 valence electrons. The van der Waals surface area contributed by atoms with Gasteiger partial charge in [0.2, 0.25) is 10.0 Å². The molecule has 2 N–H and O–H groups in total. The van der Waals surface area contributed by atoms with Gasteiger partial charge in [-0.15, -0.1) is 0 Å².